The Morgan fingerprint density at radius 1 is 1.11 bits per heavy atom. The van der Waals surface area contributed by atoms with Gasteiger partial charge < -0.3 is 24.8 Å². The highest BCUT2D eigenvalue weighted by molar-refractivity contribution is 5.83. The third-order valence-corrected chi connectivity index (χ3v) is 9.88. The number of hydrogen-bond acceptors (Lipinski definition) is 6. The molecule has 1 heterocycles. The average Bonchev–Trinajstić information content (AvgIpc) is 3.13. The van der Waals surface area contributed by atoms with Crippen molar-refractivity contribution in [2.75, 3.05) is 13.7 Å². The van der Waals surface area contributed by atoms with Gasteiger partial charge in [0.1, 0.15) is 6.61 Å². The summed E-state index contributed by atoms with van der Waals surface area (Å²) in [6.07, 6.45) is 5.79. The topological polar surface area (TPSA) is 96.2 Å². The predicted octanol–water partition coefficient (Wildman–Crippen LogP) is 1.79. The van der Waals surface area contributed by atoms with E-state index in [9.17, 15) is 20.1 Å². The maximum absolute atomic E-state index is 12.5. The molecule has 1 aliphatic heterocycles. The molecule has 4 aliphatic carbocycles. The Kier molecular flexibility index (Phi) is 4.17. The van der Waals surface area contributed by atoms with Crippen LogP contribution in [0.5, 0.6) is 0 Å². The first-order valence-electron chi connectivity index (χ1n) is 11.0. The molecule has 0 unspecified atom stereocenters. The van der Waals surface area contributed by atoms with Crippen LogP contribution in [0, 0.1) is 28.6 Å². The highest BCUT2D eigenvalue weighted by Gasteiger charge is 2.79. The second-order valence-corrected chi connectivity index (χ2v) is 10.5. The smallest absolute Gasteiger partial charge is 0.166 e. The number of carbonyl (C=O) groups is 1. The molecule has 5 aliphatic rings. The molecule has 0 aromatic heterocycles. The van der Waals surface area contributed by atoms with E-state index >= 15 is 0 Å². The summed E-state index contributed by atoms with van der Waals surface area (Å²) in [5, 5.41) is 31.5. The van der Waals surface area contributed by atoms with E-state index in [0.29, 0.717) is 19.3 Å². The molecule has 0 aromatic carbocycles. The summed E-state index contributed by atoms with van der Waals surface area (Å²) in [4.78, 5) is 12.5. The lowest BCUT2D eigenvalue weighted by atomic mass is 9.42. The van der Waals surface area contributed by atoms with Gasteiger partial charge in [-0.2, -0.15) is 0 Å². The number of ketones is 1. The van der Waals surface area contributed by atoms with Crippen LogP contribution < -0.4 is 0 Å². The van der Waals surface area contributed by atoms with Crippen molar-refractivity contribution in [2.45, 2.75) is 88.3 Å². The van der Waals surface area contributed by atoms with Crippen LogP contribution >= 0.6 is 0 Å². The van der Waals surface area contributed by atoms with Crippen LogP contribution in [-0.4, -0.2) is 58.4 Å². The van der Waals surface area contributed by atoms with E-state index in [1.165, 1.54) is 0 Å². The van der Waals surface area contributed by atoms with Crippen molar-refractivity contribution in [3.8, 4) is 0 Å². The predicted molar refractivity (Wildman–Crippen MR) is 100 cm³/mol. The number of methoxy groups -OCH3 is 1. The summed E-state index contributed by atoms with van der Waals surface area (Å²) < 4.78 is 12.7. The van der Waals surface area contributed by atoms with Crippen molar-refractivity contribution in [1.29, 1.82) is 0 Å². The SMILES string of the molecule is CO[C@@H]1O[C@@]23CC[C@]4(O)C[C@@H](O)CC[C@@]14[C@H]2CC[C@]1(C)[C@@H](C(=O)CO)CC[C@H]13. The van der Waals surface area contributed by atoms with Gasteiger partial charge in [0.25, 0.3) is 0 Å². The lowest BCUT2D eigenvalue weighted by Crippen LogP contribution is -2.67. The first-order valence-corrected chi connectivity index (χ1v) is 11.0. The van der Waals surface area contributed by atoms with Gasteiger partial charge in [0, 0.05) is 25.4 Å². The molecule has 0 radical (unpaired) electrons. The number of aliphatic hydroxyl groups excluding tert-OH is 2. The van der Waals surface area contributed by atoms with E-state index in [1.54, 1.807) is 7.11 Å². The lowest BCUT2D eigenvalue weighted by molar-refractivity contribution is -0.239. The Morgan fingerprint density at radius 3 is 2.61 bits per heavy atom. The molecule has 5 fully saturated rings. The van der Waals surface area contributed by atoms with Crippen LogP contribution in [0.4, 0.5) is 0 Å². The fourth-order valence-corrected chi connectivity index (χ4v) is 8.85. The van der Waals surface area contributed by atoms with Crippen LogP contribution in [0.25, 0.3) is 0 Å². The molecule has 5 rings (SSSR count). The molecule has 28 heavy (non-hydrogen) atoms. The maximum atomic E-state index is 12.5. The second-order valence-electron chi connectivity index (χ2n) is 10.5. The van der Waals surface area contributed by atoms with Gasteiger partial charge in [-0.3, -0.25) is 4.79 Å². The summed E-state index contributed by atoms with van der Waals surface area (Å²) in [6, 6.07) is 0. The van der Waals surface area contributed by atoms with Gasteiger partial charge in [-0.1, -0.05) is 6.92 Å². The van der Waals surface area contributed by atoms with Crippen molar-refractivity contribution < 1.29 is 29.6 Å². The van der Waals surface area contributed by atoms with Crippen molar-refractivity contribution in [3.63, 3.8) is 0 Å². The minimum Gasteiger partial charge on any atom is -0.393 e. The Hall–Kier alpha value is -0.530. The molecular weight excluding hydrogens is 360 g/mol. The quantitative estimate of drug-likeness (QED) is 0.675. The summed E-state index contributed by atoms with van der Waals surface area (Å²) in [7, 11) is 1.67. The Morgan fingerprint density at radius 2 is 1.89 bits per heavy atom. The number of hydrogen-bond donors (Lipinski definition) is 3. The fraction of sp³-hybridized carbons (Fsp3) is 0.955. The van der Waals surface area contributed by atoms with Gasteiger partial charge in [-0.25, -0.2) is 0 Å². The number of rotatable bonds is 3. The van der Waals surface area contributed by atoms with Crippen LogP contribution in [-0.2, 0) is 14.3 Å². The number of Topliss-reactive ketones (excluding diaryl/α,β-unsaturated/α-hetero) is 1. The van der Waals surface area contributed by atoms with Crippen molar-refractivity contribution in [1.82, 2.24) is 0 Å². The number of fused-ring (bicyclic) bond motifs is 1. The molecule has 0 amide bonds. The van der Waals surface area contributed by atoms with E-state index in [1.807, 2.05) is 0 Å². The molecule has 6 heteroatoms. The first-order chi connectivity index (χ1) is 13.3. The van der Waals surface area contributed by atoms with Crippen LogP contribution in [0.15, 0.2) is 0 Å². The molecule has 9 atom stereocenters. The summed E-state index contributed by atoms with van der Waals surface area (Å²) in [5.41, 5.74) is -1.96. The Balaban J connectivity index is 1.59. The minimum absolute atomic E-state index is 0.0380. The summed E-state index contributed by atoms with van der Waals surface area (Å²) in [5.74, 6) is 0.293. The molecule has 6 nitrogen and oxygen atoms in total. The number of aliphatic hydroxyl groups is 3. The Labute approximate surface area is 166 Å². The zero-order chi connectivity index (χ0) is 19.9. The first kappa shape index (κ1) is 19.4. The highest BCUT2D eigenvalue weighted by atomic mass is 16.7. The van der Waals surface area contributed by atoms with Gasteiger partial charge in [-0.05, 0) is 62.7 Å². The molecule has 2 bridgehead atoms. The molecular formula is C22H34O6. The zero-order valence-corrected chi connectivity index (χ0v) is 17.0. The minimum atomic E-state index is -0.956. The number of carbonyl (C=O) groups excluding carboxylic acids is 1. The van der Waals surface area contributed by atoms with Crippen molar-refractivity contribution in [2.24, 2.45) is 28.6 Å². The van der Waals surface area contributed by atoms with E-state index in [0.717, 1.165) is 38.5 Å². The molecule has 0 aromatic rings. The van der Waals surface area contributed by atoms with Crippen LogP contribution in [0.1, 0.15) is 64.7 Å². The van der Waals surface area contributed by atoms with E-state index < -0.39 is 23.4 Å². The Bertz CT molecular complexity index is 682. The molecule has 158 valence electrons. The van der Waals surface area contributed by atoms with Crippen LogP contribution in [0.2, 0.25) is 0 Å². The lowest BCUT2D eigenvalue weighted by Gasteiger charge is -2.63. The highest BCUT2D eigenvalue weighted by Crippen LogP contribution is 2.75. The van der Waals surface area contributed by atoms with Crippen molar-refractivity contribution in [3.05, 3.63) is 0 Å². The average molecular weight is 395 g/mol. The maximum Gasteiger partial charge on any atom is 0.166 e. The summed E-state index contributed by atoms with van der Waals surface area (Å²) >= 11 is 0. The third-order valence-electron chi connectivity index (χ3n) is 9.88. The number of ether oxygens (including phenoxy) is 2. The zero-order valence-electron chi connectivity index (χ0n) is 17.0. The van der Waals surface area contributed by atoms with Crippen LogP contribution in [0.3, 0.4) is 0 Å². The molecule has 4 saturated carbocycles. The normalized spacial score (nSPS) is 57.4. The van der Waals surface area contributed by atoms with E-state index in [2.05, 4.69) is 6.92 Å². The second kappa shape index (κ2) is 6.01. The third kappa shape index (κ3) is 2.04. The van der Waals surface area contributed by atoms with E-state index in [-0.39, 0.29) is 41.2 Å². The van der Waals surface area contributed by atoms with Gasteiger partial charge >= 0.3 is 0 Å². The largest absolute Gasteiger partial charge is 0.393 e. The van der Waals surface area contributed by atoms with Gasteiger partial charge in [0.05, 0.1) is 22.7 Å². The summed E-state index contributed by atoms with van der Waals surface area (Å²) in [6.45, 7) is 1.84. The standard InChI is InChI=1S/C22H34O6/c1-19-7-6-17-21-8-5-13(24)11-20(21,26)9-10-22(17,28-18(21)27-2)16(19)4-3-14(19)15(25)12-23/h13-14,16-18,23-24,26H,3-12H2,1-2H3/t13-,14+,16+,17+,18+,19+,20-,21+,22+/m0/s1. The molecule has 3 N–H and O–H groups in total. The molecule has 1 spiro atoms. The van der Waals surface area contributed by atoms with E-state index in [4.69, 9.17) is 9.47 Å². The van der Waals surface area contributed by atoms with Gasteiger partial charge in [0.15, 0.2) is 12.1 Å². The van der Waals surface area contributed by atoms with Crippen molar-refractivity contribution >= 4 is 5.78 Å². The molecule has 1 saturated heterocycles. The fourth-order valence-electron chi connectivity index (χ4n) is 8.85. The van der Waals surface area contributed by atoms with Gasteiger partial charge in [-0.15, -0.1) is 0 Å². The monoisotopic (exact) mass is 394 g/mol. The van der Waals surface area contributed by atoms with Gasteiger partial charge in [0.2, 0.25) is 0 Å².